The molecule has 0 unspecified atom stereocenters. The normalized spacial score (nSPS) is 14.8. The summed E-state index contributed by atoms with van der Waals surface area (Å²) in [5, 5.41) is 1.78. The minimum atomic E-state index is -0.518. The van der Waals surface area contributed by atoms with Crippen LogP contribution in [0.4, 0.5) is 0 Å². The summed E-state index contributed by atoms with van der Waals surface area (Å²) in [6.45, 7) is 3.90. The van der Waals surface area contributed by atoms with Gasteiger partial charge in [-0.15, -0.1) is 0 Å². The largest absolute Gasteiger partial charge is 0.493 e. The number of hydrogen-bond acceptors (Lipinski definition) is 6. The number of amidine groups is 1. The van der Waals surface area contributed by atoms with E-state index in [2.05, 4.69) is 10.4 Å². The van der Waals surface area contributed by atoms with Crippen LogP contribution in [-0.4, -0.2) is 44.0 Å². The predicted octanol–water partition coefficient (Wildman–Crippen LogP) is 5.47. The molecule has 0 fully saturated rings. The van der Waals surface area contributed by atoms with Crippen molar-refractivity contribution >= 4 is 35.3 Å². The second kappa shape index (κ2) is 12.0. The molecule has 1 N–H and O–H groups in total. The lowest BCUT2D eigenvalue weighted by Crippen LogP contribution is -2.49. The number of halogens is 1. The fraction of sp³-hybridized carbons (Fsp3) is 0.233. The number of amides is 2. The van der Waals surface area contributed by atoms with Gasteiger partial charge >= 0.3 is 0 Å². The number of aliphatic imine (C=N–C) groups is 1. The number of nitrogens with one attached hydrogen (secondary N) is 1. The lowest BCUT2D eigenvalue weighted by atomic mass is 9.88. The molecule has 0 aliphatic carbocycles. The molecule has 1 aliphatic heterocycles. The van der Waals surface area contributed by atoms with Crippen LogP contribution in [-0.2, 0) is 9.59 Å². The van der Waals surface area contributed by atoms with Gasteiger partial charge in [-0.1, -0.05) is 67.9 Å². The molecule has 0 aromatic heterocycles. The molecule has 1 aliphatic rings. The Morgan fingerprint density at radius 3 is 2.10 bits per heavy atom. The van der Waals surface area contributed by atoms with Crippen LogP contribution in [0, 0.1) is 5.92 Å². The van der Waals surface area contributed by atoms with Crippen molar-refractivity contribution < 1.29 is 23.8 Å². The quantitative estimate of drug-likeness (QED) is 0.359. The third-order valence-electron chi connectivity index (χ3n) is 6.28. The molecule has 2 amide bonds. The number of ether oxygens (including phenoxy) is 3. The first-order valence-electron chi connectivity index (χ1n) is 12.3. The van der Waals surface area contributed by atoms with Crippen molar-refractivity contribution in [1.29, 1.82) is 0 Å². The summed E-state index contributed by atoms with van der Waals surface area (Å²) in [6, 6.07) is 19.8. The Bertz CT molecular complexity index is 1390. The van der Waals surface area contributed by atoms with Crippen molar-refractivity contribution in [2.24, 2.45) is 10.9 Å². The van der Waals surface area contributed by atoms with Crippen molar-refractivity contribution in [3.8, 4) is 17.2 Å². The maximum absolute atomic E-state index is 13.7. The van der Waals surface area contributed by atoms with Gasteiger partial charge in [0.25, 0.3) is 5.91 Å². The average molecular weight is 548 g/mol. The highest BCUT2D eigenvalue weighted by Crippen LogP contribution is 2.39. The molecule has 1 heterocycles. The van der Waals surface area contributed by atoms with E-state index in [-0.39, 0.29) is 17.5 Å². The van der Waals surface area contributed by atoms with Crippen molar-refractivity contribution in [2.45, 2.75) is 19.8 Å². The van der Waals surface area contributed by atoms with Crippen LogP contribution in [0.5, 0.6) is 17.2 Å². The highest BCUT2D eigenvalue weighted by molar-refractivity contribution is 6.30. The summed E-state index contributed by atoms with van der Waals surface area (Å²) in [7, 11) is 4.55. The highest BCUT2D eigenvalue weighted by atomic mass is 35.5. The van der Waals surface area contributed by atoms with Gasteiger partial charge in [-0.25, -0.2) is 4.99 Å². The highest BCUT2D eigenvalue weighted by Gasteiger charge is 2.35. The Hall–Kier alpha value is -4.30. The molecule has 3 aromatic rings. The van der Waals surface area contributed by atoms with Crippen LogP contribution in [0.3, 0.4) is 0 Å². The third-order valence-corrected chi connectivity index (χ3v) is 6.54. The molecule has 9 heteroatoms. The van der Waals surface area contributed by atoms with Gasteiger partial charge in [0.1, 0.15) is 5.70 Å². The van der Waals surface area contributed by atoms with Crippen molar-refractivity contribution in [2.75, 3.05) is 21.3 Å². The van der Waals surface area contributed by atoms with Gasteiger partial charge in [0.2, 0.25) is 11.7 Å². The molecule has 202 valence electrons. The number of hydrazine groups is 1. The SMILES string of the molecule is COc1cc(/C=C2\N=C(c3ccccc3)N(NC(=O)[C@H](c3ccc(Cl)cc3)C(C)C)C2=O)cc(OC)c1OC. The Morgan fingerprint density at radius 2 is 1.56 bits per heavy atom. The molecule has 0 radical (unpaired) electrons. The van der Waals surface area contributed by atoms with Gasteiger partial charge < -0.3 is 14.2 Å². The van der Waals surface area contributed by atoms with E-state index in [9.17, 15) is 9.59 Å². The van der Waals surface area contributed by atoms with Gasteiger partial charge in [0.05, 0.1) is 27.2 Å². The Labute approximate surface area is 232 Å². The van der Waals surface area contributed by atoms with Crippen LogP contribution in [0.2, 0.25) is 5.02 Å². The number of rotatable bonds is 9. The first kappa shape index (κ1) is 27.7. The number of nitrogens with zero attached hydrogens (tertiary/aromatic N) is 2. The summed E-state index contributed by atoms with van der Waals surface area (Å²) in [5.41, 5.74) is 5.04. The van der Waals surface area contributed by atoms with Crippen LogP contribution in [0.1, 0.15) is 36.5 Å². The molecule has 1 atom stereocenters. The van der Waals surface area contributed by atoms with Gasteiger partial charge in [0, 0.05) is 10.6 Å². The Kier molecular flexibility index (Phi) is 8.56. The van der Waals surface area contributed by atoms with E-state index in [0.29, 0.717) is 39.2 Å². The topological polar surface area (TPSA) is 89.5 Å². The van der Waals surface area contributed by atoms with Gasteiger partial charge in [0.15, 0.2) is 17.3 Å². The fourth-order valence-corrected chi connectivity index (χ4v) is 4.56. The van der Waals surface area contributed by atoms with E-state index in [1.54, 1.807) is 30.3 Å². The van der Waals surface area contributed by atoms with E-state index in [1.165, 1.54) is 26.3 Å². The van der Waals surface area contributed by atoms with E-state index in [4.69, 9.17) is 25.8 Å². The van der Waals surface area contributed by atoms with E-state index in [1.807, 2.05) is 56.3 Å². The maximum Gasteiger partial charge on any atom is 0.297 e. The van der Waals surface area contributed by atoms with Gasteiger partial charge in [-0.3, -0.25) is 15.0 Å². The monoisotopic (exact) mass is 547 g/mol. The molecule has 8 nitrogen and oxygen atoms in total. The second-order valence-corrected chi connectivity index (χ2v) is 9.62. The number of benzene rings is 3. The Balaban J connectivity index is 1.73. The van der Waals surface area contributed by atoms with Crippen molar-refractivity contribution in [1.82, 2.24) is 10.4 Å². The van der Waals surface area contributed by atoms with Crippen LogP contribution in [0.25, 0.3) is 6.08 Å². The average Bonchev–Trinajstić information content (AvgIpc) is 3.23. The summed E-state index contributed by atoms with van der Waals surface area (Å²) in [4.78, 5) is 31.9. The Morgan fingerprint density at radius 1 is 0.949 bits per heavy atom. The molecule has 3 aromatic carbocycles. The lowest BCUT2D eigenvalue weighted by molar-refractivity contribution is -0.134. The number of carbonyl (C=O) groups excluding carboxylic acids is 2. The minimum absolute atomic E-state index is 0.0461. The summed E-state index contributed by atoms with van der Waals surface area (Å²) in [5.74, 6) is 0.248. The predicted molar refractivity (Wildman–Crippen MR) is 151 cm³/mol. The molecule has 0 saturated carbocycles. The molecule has 39 heavy (non-hydrogen) atoms. The standard InChI is InChI=1S/C30H30ClN3O5/c1-18(2)26(20-11-13-22(31)14-12-20)29(35)33-34-28(21-9-7-6-8-10-21)32-23(30(34)36)15-19-16-24(37-3)27(39-5)25(17-19)38-4/h6-18,26H,1-5H3,(H,33,35)/b23-15-/t26-/m0/s1. The molecule has 0 spiro atoms. The van der Waals surface area contributed by atoms with Crippen LogP contribution < -0.4 is 19.6 Å². The second-order valence-electron chi connectivity index (χ2n) is 9.18. The first-order valence-corrected chi connectivity index (χ1v) is 12.7. The van der Waals surface area contributed by atoms with Crippen molar-refractivity contribution in [3.05, 3.63) is 94.1 Å². The fourth-order valence-electron chi connectivity index (χ4n) is 4.43. The number of hydrogen-bond donors (Lipinski definition) is 1. The molecular weight excluding hydrogens is 518 g/mol. The maximum atomic E-state index is 13.7. The molecular formula is C30H30ClN3O5. The zero-order valence-corrected chi connectivity index (χ0v) is 23.2. The minimum Gasteiger partial charge on any atom is -0.493 e. The zero-order chi connectivity index (χ0) is 28.1. The smallest absolute Gasteiger partial charge is 0.297 e. The molecule has 0 saturated heterocycles. The summed E-state index contributed by atoms with van der Waals surface area (Å²) < 4.78 is 16.3. The van der Waals surface area contributed by atoms with Gasteiger partial charge in [-0.2, -0.15) is 5.01 Å². The summed E-state index contributed by atoms with van der Waals surface area (Å²) in [6.07, 6.45) is 1.61. The van der Waals surface area contributed by atoms with Crippen LogP contribution >= 0.6 is 11.6 Å². The lowest BCUT2D eigenvalue weighted by Gasteiger charge is -2.25. The van der Waals surface area contributed by atoms with E-state index >= 15 is 0 Å². The summed E-state index contributed by atoms with van der Waals surface area (Å²) >= 11 is 6.06. The van der Waals surface area contributed by atoms with Crippen molar-refractivity contribution in [3.63, 3.8) is 0 Å². The first-order chi connectivity index (χ1) is 18.8. The zero-order valence-electron chi connectivity index (χ0n) is 22.4. The van der Waals surface area contributed by atoms with E-state index < -0.39 is 11.8 Å². The van der Waals surface area contributed by atoms with Gasteiger partial charge in [-0.05, 0) is 47.4 Å². The van der Waals surface area contributed by atoms with E-state index in [0.717, 1.165) is 5.56 Å². The molecule has 0 bridgehead atoms. The third kappa shape index (κ3) is 5.91. The van der Waals surface area contributed by atoms with Crippen LogP contribution in [0.15, 0.2) is 77.4 Å². The molecule has 4 rings (SSSR count). The number of methoxy groups -OCH3 is 3. The number of carbonyl (C=O) groups is 2.